The zero-order valence-corrected chi connectivity index (χ0v) is 8.18. The molecule has 0 aliphatic carbocycles. The molecule has 0 aliphatic rings. The molecule has 2 aromatic rings. The molecule has 0 bridgehead atoms. The van der Waals surface area contributed by atoms with E-state index in [9.17, 15) is 4.79 Å². The number of nitrogens with zero attached hydrogens (tertiary/aromatic N) is 2. The molecule has 2 aromatic heterocycles. The van der Waals surface area contributed by atoms with Crippen molar-refractivity contribution in [3.05, 3.63) is 33.2 Å². The lowest BCUT2D eigenvalue weighted by molar-refractivity contribution is 0.826. The summed E-state index contributed by atoms with van der Waals surface area (Å²) < 4.78 is 1.47. The van der Waals surface area contributed by atoms with Gasteiger partial charge < -0.3 is 0 Å². The maximum Gasteiger partial charge on any atom is 0.276 e. The number of aryl methyl sites for hydroxylation is 1. The molecule has 0 saturated carbocycles. The molecule has 0 spiro atoms. The average molecular weight is 195 g/mol. The van der Waals surface area contributed by atoms with Gasteiger partial charge in [-0.2, -0.15) is 4.68 Å². The van der Waals surface area contributed by atoms with Crippen LogP contribution in [0.1, 0.15) is 11.3 Å². The summed E-state index contributed by atoms with van der Waals surface area (Å²) >= 11 is 1.43. The minimum atomic E-state index is -0.0209. The van der Waals surface area contributed by atoms with E-state index >= 15 is 0 Å². The fourth-order valence-corrected chi connectivity index (χ4v) is 1.69. The van der Waals surface area contributed by atoms with Crippen LogP contribution in [0.5, 0.6) is 0 Å². The van der Waals surface area contributed by atoms with Crippen molar-refractivity contribution in [2.45, 2.75) is 13.8 Å². The zero-order chi connectivity index (χ0) is 9.42. The lowest BCUT2D eigenvalue weighted by Gasteiger charge is -1.92. The Morgan fingerprint density at radius 2 is 2.31 bits per heavy atom. The molecule has 0 amide bonds. The van der Waals surface area contributed by atoms with Crippen LogP contribution in [0.2, 0.25) is 0 Å². The number of thiazole rings is 1. The van der Waals surface area contributed by atoms with E-state index in [0.29, 0.717) is 5.13 Å². The summed E-state index contributed by atoms with van der Waals surface area (Å²) in [7, 11) is 0. The van der Waals surface area contributed by atoms with Crippen molar-refractivity contribution in [2.75, 3.05) is 0 Å². The minimum absolute atomic E-state index is 0.0209. The largest absolute Gasteiger partial charge is 0.293 e. The zero-order valence-electron chi connectivity index (χ0n) is 7.37. The van der Waals surface area contributed by atoms with Crippen molar-refractivity contribution in [1.29, 1.82) is 0 Å². The summed E-state index contributed by atoms with van der Waals surface area (Å²) in [5.74, 6) is 0. The van der Waals surface area contributed by atoms with Crippen molar-refractivity contribution >= 4 is 11.3 Å². The average Bonchev–Trinajstić information content (AvgIpc) is 2.70. The van der Waals surface area contributed by atoms with E-state index in [1.165, 1.54) is 16.0 Å². The number of rotatable bonds is 1. The van der Waals surface area contributed by atoms with Crippen molar-refractivity contribution in [3.63, 3.8) is 0 Å². The number of aromatic nitrogens is 3. The summed E-state index contributed by atoms with van der Waals surface area (Å²) in [5.41, 5.74) is 1.61. The second-order valence-corrected chi connectivity index (χ2v) is 3.69. The van der Waals surface area contributed by atoms with E-state index in [4.69, 9.17) is 0 Å². The third kappa shape index (κ3) is 1.21. The van der Waals surface area contributed by atoms with Crippen LogP contribution in [0.4, 0.5) is 0 Å². The van der Waals surface area contributed by atoms with Crippen LogP contribution in [0.3, 0.4) is 0 Å². The molecule has 1 N–H and O–H groups in total. The Morgan fingerprint density at radius 3 is 2.77 bits per heavy atom. The Labute approximate surface area is 78.8 Å². The molecule has 13 heavy (non-hydrogen) atoms. The van der Waals surface area contributed by atoms with E-state index in [-0.39, 0.29) is 5.56 Å². The van der Waals surface area contributed by atoms with Gasteiger partial charge in [0.25, 0.3) is 5.56 Å². The molecule has 0 aliphatic heterocycles. The van der Waals surface area contributed by atoms with Crippen LogP contribution >= 0.6 is 11.3 Å². The summed E-state index contributed by atoms with van der Waals surface area (Å²) in [6, 6.07) is 0. The molecule has 2 heterocycles. The predicted molar refractivity (Wildman–Crippen MR) is 51.5 cm³/mol. The summed E-state index contributed by atoms with van der Waals surface area (Å²) in [6.07, 6.45) is 1.68. The third-order valence-corrected chi connectivity index (χ3v) is 2.73. The van der Waals surface area contributed by atoms with Gasteiger partial charge in [-0.05, 0) is 13.8 Å². The molecule has 0 unspecified atom stereocenters. The highest BCUT2D eigenvalue weighted by Gasteiger charge is 2.08. The van der Waals surface area contributed by atoms with Gasteiger partial charge in [-0.25, -0.2) is 4.98 Å². The monoisotopic (exact) mass is 195 g/mol. The number of nitrogens with one attached hydrogen (secondary N) is 1. The predicted octanol–water partition coefficient (Wildman–Crippen LogP) is 1.24. The first kappa shape index (κ1) is 8.25. The highest BCUT2D eigenvalue weighted by molar-refractivity contribution is 7.12. The Balaban J connectivity index is 2.67. The highest BCUT2D eigenvalue weighted by Crippen LogP contribution is 2.08. The van der Waals surface area contributed by atoms with E-state index in [2.05, 4.69) is 10.1 Å². The Bertz CT molecular complexity index is 466. The molecule has 0 radical (unpaired) electrons. The first-order valence-corrected chi connectivity index (χ1v) is 4.76. The molecule has 5 heteroatoms. The molecule has 68 valence electrons. The number of hydrogen-bond donors (Lipinski definition) is 1. The molecule has 0 saturated heterocycles. The Morgan fingerprint density at radius 1 is 1.54 bits per heavy atom. The van der Waals surface area contributed by atoms with E-state index in [1.807, 2.05) is 12.3 Å². The number of H-pyrrole nitrogens is 1. The van der Waals surface area contributed by atoms with Crippen LogP contribution in [0.15, 0.2) is 16.4 Å². The van der Waals surface area contributed by atoms with E-state index in [0.717, 1.165) is 11.3 Å². The molecule has 2 rings (SSSR count). The van der Waals surface area contributed by atoms with Gasteiger partial charge in [0.2, 0.25) is 5.13 Å². The Hall–Kier alpha value is -1.36. The van der Waals surface area contributed by atoms with Gasteiger partial charge in [0.15, 0.2) is 0 Å². The van der Waals surface area contributed by atoms with Crippen LogP contribution in [-0.4, -0.2) is 14.8 Å². The smallest absolute Gasteiger partial charge is 0.276 e. The van der Waals surface area contributed by atoms with Gasteiger partial charge in [-0.3, -0.25) is 9.89 Å². The first-order valence-electron chi connectivity index (χ1n) is 3.88. The molecule has 0 fully saturated rings. The second-order valence-electron chi connectivity index (χ2n) is 2.82. The van der Waals surface area contributed by atoms with Gasteiger partial charge in [-0.15, -0.1) is 11.3 Å². The number of aromatic amines is 1. The summed E-state index contributed by atoms with van der Waals surface area (Å²) in [4.78, 5) is 15.6. The standard InChI is InChI=1S/C8H9N3OS/c1-5-6(2)10-11(7(5)12)8-9-3-4-13-8/h3-4,10H,1-2H3. The van der Waals surface area contributed by atoms with Crippen LogP contribution in [0, 0.1) is 13.8 Å². The van der Waals surface area contributed by atoms with Gasteiger partial charge >= 0.3 is 0 Å². The van der Waals surface area contributed by atoms with Crippen LogP contribution in [0.25, 0.3) is 5.13 Å². The number of hydrogen-bond acceptors (Lipinski definition) is 3. The van der Waals surface area contributed by atoms with Gasteiger partial charge in [0.05, 0.1) is 0 Å². The highest BCUT2D eigenvalue weighted by atomic mass is 32.1. The summed E-state index contributed by atoms with van der Waals surface area (Å²) in [6.45, 7) is 3.68. The fourth-order valence-electron chi connectivity index (χ4n) is 1.09. The van der Waals surface area contributed by atoms with Crippen molar-refractivity contribution in [3.8, 4) is 5.13 Å². The molecule has 4 nitrogen and oxygen atoms in total. The topological polar surface area (TPSA) is 50.7 Å². The fraction of sp³-hybridized carbons (Fsp3) is 0.250. The van der Waals surface area contributed by atoms with Crippen LogP contribution in [-0.2, 0) is 0 Å². The second kappa shape index (κ2) is 2.85. The molecular formula is C8H9N3OS. The van der Waals surface area contributed by atoms with E-state index in [1.54, 1.807) is 13.1 Å². The quantitative estimate of drug-likeness (QED) is 0.744. The lowest BCUT2D eigenvalue weighted by Crippen LogP contribution is -2.15. The maximum absolute atomic E-state index is 11.6. The normalized spacial score (nSPS) is 10.6. The SMILES string of the molecule is Cc1[nH]n(-c2nccs2)c(=O)c1C. The minimum Gasteiger partial charge on any atom is -0.293 e. The van der Waals surface area contributed by atoms with Crippen LogP contribution < -0.4 is 5.56 Å². The van der Waals surface area contributed by atoms with Crippen molar-refractivity contribution in [2.24, 2.45) is 0 Å². The first-order chi connectivity index (χ1) is 6.20. The molecular weight excluding hydrogens is 186 g/mol. The maximum atomic E-state index is 11.6. The molecule has 0 atom stereocenters. The lowest BCUT2D eigenvalue weighted by atomic mass is 10.3. The van der Waals surface area contributed by atoms with Crippen molar-refractivity contribution in [1.82, 2.24) is 14.8 Å². The third-order valence-electron chi connectivity index (χ3n) is 1.98. The van der Waals surface area contributed by atoms with Crippen molar-refractivity contribution < 1.29 is 0 Å². The van der Waals surface area contributed by atoms with Gasteiger partial charge in [0, 0.05) is 22.8 Å². The van der Waals surface area contributed by atoms with Gasteiger partial charge in [-0.1, -0.05) is 0 Å². The van der Waals surface area contributed by atoms with E-state index < -0.39 is 0 Å². The van der Waals surface area contributed by atoms with Gasteiger partial charge in [0.1, 0.15) is 0 Å². The summed E-state index contributed by atoms with van der Waals surface area (Å²) in [5, 5.41) is 5.49. The Kier molecular flexibility index (Phi) is 1.81. The molecule has 0 aromatic carbocycles.